The van der Waals surface area contributed by atoms with Crippen molar-refractivity contribution < 1.29 is 8.42 Å². The summed E-state index contributed by atoms with van der Waals surface area (Å²) in [5.74, 6) is 0.471. The van der Waals surface area contributed by atoms with E-state index in [-0.39, 0.29) is 11.4 Å². The van der Waals surface area contributed by atoms with Gasteiger partial charge in [0.05, 0.1) is 16.5 Å². The second-order valence-corrected chi connectivity index (χ2v) is 7.08. The highest BCUT2D eigenvalue weighted by atomic mass is 79.9. The Morgan fingerprint density at radius 2 is 2.21 bits per heavy atom. The number of hydrogen-bond acceptors (Lipinski definition) is 4. The number of aromatic nitrogens is 3. The van der Waals surface area contributed by atoms with Crippen molar-refractivity contribution in [3.63, 3.8) is 0 Å². The van der Waals surface area contributed by atoms with Crippen LogP contribution in [-0.4, -0.2) is 35.0 Å². The zero-order valence-electron chi connectivity index (χ0n) is 9.84. The minimum atomic E-state index is -3.60. The number of nitrogens with one attached hydrogen (secondary N) is 1. The van der Waals surface area contributed by atoms with E-state index in [1.165, 1.54) is 35.9 Å². The molecule has 1 heterocycles. The third kappa shape index (κ3) is 3.14. The highest BCUT2D eigenvalue weighted by molar-refractivity contribution is 9.10. The Morgan fingerprint density at radius 1 is 1.47 bits per heavy atom. The smallest absolute Gasteiger partial charge is 0.243 e. The Labute approximate surface area is 124 Å². The normalized spacial score (nSPS) is 12.0. The fraction of sp³-hybridized carbons (Fsp3) is 0.200. The van der Waals surface area contributed by atoms with Crippen LogP contribution in [0.25, 0.3) is 0 Å². The molecule has 0 saturated heterocycles. The zero-order valence-corrected chi connectivity index (χ0v) is 13.0. The van der Waals surface area contributed by atoms with Crippen molar-refractivity contribution in [2.45, 2.75) is 11.4 Å². The zero-order chi connectivity index (χ0) is 14.0. The first-order valence-corrected chi connectivity index (χ1v) is 7.78. The molecule has 6 nitrogen and oxygen atoms in total. The van der Waals surface area contributed by atoms with Crippen molar-refractivity contribution in [1.82, 2.24) is 19.5 Å². The van der Waals surface area contributed by atoms with E-state index in [9.17, 15) is 8.42 Å². The van der Waals surface area contributed by atoms with Gasteiger partial charge >= 0.3 is 0 Å². The molecule has 0 bridgehead atoms. The molecule has 0 aliphatic heterocycles. The van der Waals surface area contributed by atoms with Crippen LogP contribution < -0.4 is 0 Å². The Balaban J connectivity index is 2.28. The van der Waals surface area contributed by atoms with Crippen LogP contribution in [0, 0.1) is 0 Å². The molecule has 102 valence electrons. The minimum Gasteiger partial charge on any atom is -0.262 e. The first kappa shape index (κ1) is 14.4. The molecule has 1 aromatic heterocycles. The lowest BCUT2D eigenvalue weighted by Crippen LogP contribution is -2.27. The van der Waals surface area contributed by atoms with Gasteiger partial charge < -0.3 is 0 Å². The Hall–Kier alpha value is -0.960. The lowest BCUT2D eigenvalue weighted by atomic mass is 10.4. The summed E-state index contributed by atoms with van der Waals surface area (Å²) in [7, 11) is -2.12. The maximum atomic E-state index is 12.3. The van der Waals surface area contributed by atoms with Crippen LogP contribution in [0.1, 0.15) is 5.82 Å². The first-order valence-electron chi connectivity index (χ1n) is 5.17. The van der Waals surface area contributed by atoms with E-state index in [1.54, 1.807) is 0 Å². The lowest BCUT2D eigenvalue weighted by molar-refractivity contribution is 0.457. The van der Waals surface area contributed by atoms with E-state index in [0.29, 0.717) is 15.3 Å². The van der Waals surface area contributed by atoms with Gasteiger partial charge in [0, 0.05) is 11.5 Å². The molecule has 0 spiro atoms. The van der Waals surface area contributed by atoms with E-state index < -0.39 is 10.0 Å². The van der Waals surface area contributed by atoms with Crippen LogP contribution in [0.5, 0.6) is 0 Å². The van der Waals surface area contributed by atoms with Gasteiger partial charge in [0.2, 0.25) is 10.0 Å². The largest absolute Gasteiger partial charge is 0.262 e. The highest BCUT2D eigenvalue weighted by Gasteiger charge is 2.22. The molecule has 2 rings (SSSR count). The number of aromatic amines is 1. The maximum Gasteiger partial charge on any atom is 0.243 e. The quantitative estimate of drug-likeness (QED) is 0.899. The molecule has 0 fully saturated rings. The standard InChI is InChI=1S/C10H10BrClN4O2S/c1-16(5-10-13-6-14-15-10)19(17,18)7-2-3-9(12)8(11)4-7/h2-4,6H,5H2,1H3,(H,13,14,15). The van der Waals surface area contributed by atoms with E-state index in [4.69, 9.17) is 11.6 Å². The second kappa shape index (κ2) is 5.58. The number of benzene rings is 1. The number of hydrogen-bond donors (Lipinski definition) is 1. The summed E-state index contributed by atoms with van der Waals surface area (Å²) >= 11 is 9.05. The number of rotatable bonds is 4. The predicted molar refractivity (Wildman–Crippen MR) is 74.2 cm³/mol. The van der Waals surface area contributed by atoms with Gasteiger partial charge in [-0.2, -0.15) is 9.40 Å². The van der Waals surface area contributed by atoms with Crippen molar-refractivity contribution in [2.75, 3.05) is 7.05 Å². The Kier molecular flexibility index (Phi) is 4.24. The molecule has 0 aliphatic rings. The lowest BCUT2D eigenvalue weighted by Gasteiger charge is -2.16. The van der Waals surface area contributed by atoms with E-state index in [0.717, 1.165) is 0 Å². The van der Waals surface area contributed by atoms with Gasteiger partial charge in [-0.15, -0.1) is 0 Å². The molecule has 0 unspecified atom stereocenters. The van der Waals surface area contributed by atoms with Gasteiger partial charge in [0.15, 0.2) is 0 Å². The van der Waals surface area contributed by atoms with E-state index >= 15 is 0 Å². The van der Waals surface area contributed by atoms with Crippen molar-refractivity contribution >= 4 is 37.6 Å². The third-order valence-electron chi connectivity index (χ3n) is 2.44. The van der Waals surface area contributed by atoms with E-state index in [2.05, 4.69) is 31.1 Å². The molecule has 0 saturated carbocycles. The number of H-pyrrole nitrogens is 1. The molecule has 0 radical (unpaired) electrons. The molecular weight excluding hydrogens is 356 g/mol. The average molecular weight is 366 g/mol. The fourth-order valence-corrected chi connectivity index (χ4v) is 3.23. The first-order chi connectivity index (χ1) is 8.91. The topological polar surface area (TPSA) is 79.0 Å². The molecule has 9 heteroatoms. The van der Waals surface area contributed by atoms with Crippen molar-refractivity contribution in [1.29, 1.82) is 0 Å². The summed E-state index contributed by atoms with van der Waals surface area (Å²) in [4.78, 5) is 4.05. The second-order valence-electron chi connectivity index (χ2n) is 3.77. The number of sulfonamides is 1. The Morgan fingerprint density at radius 3 is 2.79 bits per heavy atom. The molecule has 1 N–H and O–H groups in total. The van der Waals surface area contributed by atoms with Gasteiger partial charge in [0.25, 0.3) is 0 Å². The number of nitrogens with zero attached hydrogens (tertiary/aromatic N) is 3. The molecular formula is C10H10BrClN4O2S. The number of halogens is 2. The highest BCUT2D eigenvalue weighted by Crippen LogP contribution is 2.26. The van der Waals surface area contributed by atoms with Gasteiger partial charge in [0.1, 0.15) is 12.2 Å². The molecule has 2 aromatic rings. The SMILES string of the molecule is CN(Cc1ncn[nH]1)S(=O)(=O)c1ccc(Cl)c(Br)c1. The predicted octanol–water partition coefficient (Wildman–Crippen LogP) is 2.04. The van der Waals surface area contributed by atoms with Crippen LogP contribution in [0.4, 0.5) is 0 Å². The summed E-state index contributed by atoms with van der Waals surface area (Å²) in [6, 6.07) is 4.45. The average Bonchev–Trinajstić information content (AvgIpc) is 2.85. The summed E-state index contributed by atoms with van der Waals surface area (Å²) in [6.45, 7) is 0.114. The van der Waals surface area contributed by atoms with Crippen LogP contribution in [0.2, 0.25) is 5.02 Å². The summed E-state index contributed by atoms with van der Waals surface area (Å²) < 4.78 is 26.4. The molecule has 0 atom stereocenters. The Bertz CT molecular complexity index is 675. The van der Waals surface area contributed by atoms with Crippen molar-refractivity contribution in [3.05, 3.63) is 39.8 Å². The van der Waals surface area contributed by atoms with Gasteiger partial charge in [-0.05, 0) is 34.1 Å². The molecule has 19 heavy (non-hydrogen) atoms. The van der Waals surface area contributed by atoms with Gasteiger partial charge in [-0.1, -0.05) is 11.6 Å². The molecule has 0 aliphatic carbocycles. The summed E-state index contributed by atoms with van der Waals surface area (Å²) in [5.41, 5.74) is 0. The van der Waals surface area contributed by atoms with Crippen molar-refractivity contribution in [3.8, 4) is 0 Å². The fourth-order valence-electron chi connectivity index (χ4n) is 1.42. The van der Waals surface area contributed by atoms with Crippen LogP contribution in [0.3, 0.4) is 0 Å². The van der Waals surface area contributed by atoms with Gasteiger partial charge in [-0.3, -0.25) is 5.10 Å². The monoisotopic (exact) mass is 364 g/mol. The summed E-state index contributed by atoms with van der Waals surface area (Å²) in [5, 5.41) is 6.74. The third-order valence-corrected chi connectivity index (χ3v) is 5.45. The molecule has 1 aromatic carbocycles. The van der Waals surface area contributed by atoms with Gasteiger partial charge in [-0.25, -0.2) is 13.4 Å². The van der Waals surface area contributed by atoms with E-state index in [1.807, 2.05) is 0 Å². The van der Waals surface area contributed by atoms with Crippen LogP contribution >= 0.6 is 27.5 Å². The maximum absolute atomic E-state index is 12.3. The minimum absolute atomic E-state index is 0.114. The van der Waals surface area contributed by atoms with Crippen molar-refractivity contribution in [2.24, 2.45) is 0 Å². The molecule has 0 amide bonds. The summed E-state index contributed by atoms with van der Waals surface area (Å²) in [6.07, 6.45) is 1.33. The van der Waals surface area contributed by atoms with Crippen LogP contribution in [-0.2, 0) is 16.6 Å². The van der Waals surface area contributed by atoms with Crippen LogP contribution in [0.15, 0.2) is 33.9 Å².